The molecule has 0 radical (unpaired) electrons. The van der Waals surface area contributed by atoms with E-state index in [-0.39, 0.29) is 5.76 Å². The minimum atomic E-state index is -0.406. The van der Waals surface area contributed by atoms with Gasteiger partial charge in [-0.05, 0) is 98.0 Å². The van der Waals surface area contributed by atoms with Crippen molar-refractivity contribution < 1.29 is 13.9 Å². The van der Waals surface area contributed by atoms with Gasteiger partial charge in [-0.1, -0.05) is 0 Å². The number of amides is 1. The molecule has 158 valence electrons. The maximum Gasteiger partial charge on any atom is 0.307 e. The van der Waals surface area contributed by atoms with Gasteiger partial charge in [0.2, 0.25) is 0 Å². The van der Waals surface area contributed by atoms with Crippen LogP contribution in [0.15, 0.2) is 64.1 Å². The van der Waals surface area contributed by atoms with E-state index in [0.29, 0.717) is 12.2 Å². The van der Waals surface area contributed by atoms with Crippen LogP contribution in [0.3, 0.4) is 0 Å². The first-order valence-electron chi connectivity index (χ1n) is 9.91. The highest BCUT2D eigenvalue weighted by molar-refractivity contribution is 14.1. The van der Waals surface area contributed by atoms with Crippen molar-refractivity contribution in [3.05, 3.63) is 80.9 Å². The minimum absolute atomic E-state index is 0.199. The molecule has 0 saturated heterocycles. The molecule has 0 bridgehead atoms. The molecular formula is C24H22IN3O3. The van der Waals surface area contributed by atoms with Gasteiger partial charge in [-0.25, -0.2) is 5.43 Å². The monoisotopic (exact) mass is 527 g/mol. The molecule has 2 heterocycles. The highest BCUT2D eigenvalue weighted by atomic mass is 127. The van der Waals surface area contributed by atoms with Gasteiger partial charge in [0, 0.05) is 31.6 Å². The van der Waals surface area contributed by atoms with Crippen LogP contribution >= 0.6 is 22.6 Å². The van der Waals surface area contributed by atoms with E-state index in [0.717, 1.165) is 33.8 Å². The second-order valence-corrected chi connectivity index (χ2v) is 8.33. The summed E-state index contributed by atoms with van der Waals surface area (Å²) in [6.45, 7) is 6.58. The lowest BCUT2D eigenvalue weighted by Crippen LogP contribution is -2.16. The van der Waals surface area contributed by atoms with E-state index in [1.807, 2.05) is 39.0 Å². The van der Waals surface area contributed by atoms with Crippen LogP contribution in [0.5, 0.6) is 5.75 Å². The van der Waals surface area contributed by atoms with Crippen LogP contribution in [0.1, 0.15) is 34.4 Å². The van der Waals surface area contributed by atoms with E-state index in [1.54, 1.807) is 18.3 Å². The molecule has 4 rings (SSSR count). The number of hydrogen-bond donors (Lipinski definition) is 1. The maximum absolute atomic E-state index is 12.5. The minimum Gasteiger partial charge on any atom is -0.494 e. The Bertz CT molecular complexity index is 1270. The van der Waals surface area contributed by atoms with Crippen LogP contribution in [-0.4, -0.2) is 23.3 Å². The Morgan fingerprint density at radius 2 is 1.94 bits per heavy atom. The standard InChI is InChI=1S/C24H22IN3O3/c1-4-30-21-9-10-22-17(12-21)13-23(31-22)24(29)27-26-14-18-11-15(2)28(16(18)3)20-7-5-19(25)6-8-20/h5-14H,4H2,1-3H3,(H,27,29)/b26-14-. The number of carbonyl (C=O) groups is 1. The number of benzene rings is 2. The Kier molecular flexibility index (Phi) is 6.13. The summed E-state index contributed by atoms with van der Waals surface area (Å²) in [5.74, 6) is 0.534. The Hall–Kier alpha value is -3.07. The third-order valence-corrected chi connectivity index (χ3v) is 5.67. The van der Waals surface area contributed by atoms with Crippen LogP contribution in [0.2, 0.25) is 0 Å². The van der Waals surface area contributed by atoms with Gasteiger partial charge in [-0.15, -0.1) is 0 Å². The Morgan fingerprint density at radius 3 is 2.68 bits per heavy atom. The number of halogens is 1. The molecule has 0 spiro atoms. The number of aryl methyl sites for hydroxylation is 1. The lowest BCUT2D eigenvalue weighted by molar-refractivity contribution is 0.0929. The second kappa shape index (κ2) is 8.97. The SMILES string of the molecule is CCOc1ccc2oc(C(=O)N/N=C\c3cc(C)n(-c4ccc(I)cc4)c3C)cc2c1. The van der Waals surface area contributed by atoms with Gasteiger partial charge in [0.05, 0.1) is 12.8 Å². The lowest BCUT2D eigenvalue weighted by Gasteiger charge is -2.09. The van der Waals surface area contributed by atoms with Gasteiger partial charge in [-0.2, -0.15) is 5.10 Å². The number of hydrogen-bond acceptors (Lipinski definition) is 4. The zero-order valence-electron chi connectivity index (χ0n) is 17.5. The van der Waals surface area contributed by atoms with Crippen molar-refractivity contribution in [1.82, 2.24) is 9.99 Å². The van der Waals surface area contributed by atoms with E-state index in [4.69, 9.17) is 9.15 Å². The highest BCUT2D eigenvalue weighted by Crippen LogP contribution is 2.24. The van der Waals surface area contributed by atoms with E-state index in [2.05, 4.69) is 62.0 Å². The summed E-state index contributed by atoms with van der Waals surface area (Å²) in [4.78, 5) is 12.5. The Balaban J connectivity index is 1.50. The first kappa shape index (κ1) is 21.2. The predicted octanol–water partition coefficient (Wildman–Crippen LogP) is 5.61. The topological polar surface area (TPSA) is 68.8 Å². The Labute approximate surface area is 194 Å². The highest BCUT2D eigenvalue weighted by Gasteiger charge is 2.13. The van der Waals surface area contributed by atoms with Gasteiger partial charge < -0.3 is 13.7 Å². The van der Waals surface area contributed by atoms with Crippen LogP contribution < -0.4 is 10.2 Å². The molecule has 0 saturated carbocycles. The first-order chi connectivity index (χ1) is 15.0. The molecule has 1 N–H and O–H groups in total. The normalized spacial score (nSPS) is 11.4. The van der Waals surface area contributed by atoms with Gasteiger partial charge >= 0.3 is 5.91 Å². The van der Waals surface area contributed by atoms with Gasteiger partial charge in [-0.3, -0.25) is 4.79 Å². The predicted molar refractivity (Wildman–Crippen MR) is 130 cm³/mol. The molecule has 6 nitrogen and oxygen atoms in total. The number of carbonyl (C=O) groups excluding carboxylic acids is 1. The molecule has 2 aromatic carbocycles. The number of nitrogens with zero attached hydrogens (tertiary/aromatic N) is 2. The average Bonchev–Trinajstić information content (AvgIpc) is 3.29. The fourth-order valence-electron chi connectivity index (χ4n) is 3.51. The first-order valence-corrected chi connectivity index (χ1v) is 11.0. The fourth-order valence-corrected chi connectivity index (χ4v) is 3.87. The maximum atomic E-state index is 12.5. The Morgan fingerprint density at radius 1 is 1.16 bits per heavy atom. The molecule has 1 amide bonds. The smallest absolute Gasteiger partial charge is 0.307 e. The van der Waals surface area contributed by atoms with Crippen molar-refractivity contribution in [1.29, 1.82) is 0 Å². The molecule has 0 aliphatic heterocycles. The zero-order chi connectivity index (χ0) is 22.0. The quantitative estimate of drug-likeness (QED) is 0.202. The van der Waals surface area contributed by atoms with Crippen LogP contribution in [0, 0.1) is 17.4 Å². The third-order valence-electron chi connectivity index (χ3n) is 4.95. The summed E-state index contributed by atoms with van der Waals surface area (Å²) in [6.07, 6.45) is 1.65. The molecule has 0 fully saturated rings. The molecule has 7 heteroatoms. The molecule has 0 atom stereocenters. The lowest BCUT2D eigenvalue weighted by atomic mass is 10.2. The number of fused-ring (bicyclic) bond motifs is 1. The molecule has 0 unspecified atom stereocenters. The van der Waals surface area contributed by atoms with E-state index in [9.17, 15) is 4.79 Å². The summed E-state index contributed by atoms with van der Waals surface area (Å²) in [6, 6.07) is 17.5. The molecule has 31 heavy (non-hydrogen) atoms. The number of aromatic nitrogens is 1. The molecule has 0 aliphatic rings. The number of furan rings is 1. The number of hydrazone groups is 1. The number of nitrogens with one attached hydrogen (secondary N) is 1. The zero-order valence-corrected chi connectivity index (χ0v) is 19.6. The number of ether oxygens (including phenoxy) is 1. The van der Waals surface area contributed by atoms with Crippen LogP contribution in [0.25, 0.3) is 16.7 Å². The second-order valence-electron chi connectivity index (χ2n) is 7.08. The molecule has 2 aromatic heterocycles. The molecule has 0 aliphatic carbocycles. The van der Waals surface area contributed by atoms with E-state index in [1.165, 1.54) is 3.57 Å². The largest absolute Gasteiger partial charge is 0.494 e. The van der Waals surface area contributed by atoms with E-state index >= 15 is 0 Å². The summed E-state index contributed by atoms with van der Waals surface area (Å²) in [7, 11) is 0. The summed E-state index contributed by atoms with van der Waals surface area (Å²) in [5, 5.41) is 4.94. The fraction of sp³-hybridized carbons (Fsp3) is 0.167. The van der Waals surface area contributed by atoms with Crippen molar-refractivity contribution in [2.45, 2.75) is 20.8 Å². The number of rotatable bonds is 6. The third kappa shape index (κ3) is 4.51. The molecular weight excluding hydrogens is 505 g/mol. The van der Waals surface area contributed by atoms with Crippen molar-refractivity contribution in [2.75, 3.05) is 6.61 Å². The summed E-state index contributed by atoms with van der Waals surface area (Å²) < 4.78 is 14.5. The average molecular weight is 527 g/mol. The summed E-state index contributed by atoms with van der Waals surface area (Å²) in [5.41, 5.74) is 7.33. The van der Waals surface area contributed by atoms with Crippen molar-refractivity contribution >= 4 is 45.7 Å². The van der Waals surface area contributed by atoms with Gasteiger partial charge in [0.1, 0.15) is 11.3 Å². The summed E-state index contributed by atoms with van der Waals surface area (Å²) >= 11 is 2.29. The van der Waals surface area contributed by atoms with Gasteiger partial charge in [0.15, 0.2) is 5.76 Å². The van der Waals surface area contributed by atoms with Crippen LogP contribution in [0.4, 0.5) is 0 Å². The van der Waals surface area contributed by atoms with Crippen LogP contribution in [-0.2, 0) is 0 Å². The van der Waals surface area contributed by atoms with E-state index < -0.39 is 5.91 Å². The van der Waals surface area contributed by atoms with Crippen molar-refractivity contribution in [2.24, 2.45) is 5.10 Å². The van der Waals surface area contributed by atoms with Crippen molar-refractivity contribution in [3.63, 3.8) is 0 Å². The van der Waals surface area contributed by atoms with Gasteiger partial charge in [0.25, 0.3) is 0 Å². The van der Waals surface area contributed by atoms with Crippen molar-refractivity contribution in [3.8, 4) is 11.4 Å². The molecule has 4 aromatic rings.